The van der Waals surface area contributed by atoms with Crippen LogP contribution in [0.3, 0.4) is 0 Å². The fourth-order valence-corrected chi connectivity index (χ4v) is 1.19. The summed E-state index contributed by atoms with van der Waals surface area (Å²) in [6.45, 7) is 3.64. The second-order valence-corrected chi connectivity index (χ2v) is 3.20. The molecule has 5 heteroatoms. The molecule has 0 radical (unpaired) electrons. The van der Waals surface area contributed by atoms with Gasteiger partial charge in [-0.1, -0.05) is 0 Å². The SMILES string of the molecule is CCOCCNc1ccc(C(F)(F)F)cc1. The van der Waals surface area contributed by atoms with E-state index in [1.807, 2.05) is 6.92 Å². The molecule has 1 N–H and O–H groups in total. The lowest BCUT2D eigenvalue weighted by molar-refractivity contribution is -0.137. The average Bonchev–Trinajstić information content (AvgIpc) is 2.24. The summed E-state index contributed by atoms with van der Waals surface area (Å²) in [7, 11) is 0. The normalized spacial score (nSPS) is 11.5. The molecule has 16 heavy (non-hydrogen) atoms. The van der Waals surface area contributed by atoms with Gasteiger partial charge in [0.25, 0.3) is 0 Å². The predicted molar refractivity (Wildman–Crippen MR) is 56.4 cm³/mol. The van der Waals surface area contributed by atoms with Gasteiger partial charge in [-0.15, -0.1) is 0 Å². The van der Waals surface area contributed by atoms with E-state index < -0.39 is 11.7 Å². The molecule has 90 valence electrons. The maximum Gasteiger partial charge on any atom is 0.416 e. The van der Waals surface area contributed by atoms with Gasteiger partial charge >= 0.3 is 6.18 Å². The van der Waals surface area contributed by atoms with E-state index in [2.05, 4.69) is 5.32 Å². The van der Waals surface area contributed by atoms with Crippen LogP contribution in [-0.4, -0.2) is 19.8 Å². The van der Waals surface area contributed by atoms with Crippen molar-refractivity contribution in [2.24, 2.45) is 0 Å². The van der Waals surface area contributed by atoms with Crippen molar-refractivity contribution < 1.29 is 17.9 Å². The first kappa shape index (κ1) is 12.8. The van der Waals surface area contributed by atoms with E-state index in [1.165, 1.54) is 12.1 Å². The van der Waals surface area contributed by atoms with Crippen LogP contribution >= 0.6 is 0 Å². The number of rotatable bonds is 5. The molecule has 2 nitrogen and oxygen atoms in total. The van der Waals surface area contributed by atoms with Gasteiger partial charge in [-0.05, 0) is 31.2 Å². The number of hydrogen-bond acceptors (Lipinski definition) is 2. The smallest absolute Gasteiger partial charge is 0.383 e. The van der Waals surface area contributed by atoms with Crippen LogP contribution in [0.1, 0.15) is 12.5 Å². The van der Waals surface area contributed by atoms with E-state index in [1.54, 1.807) is 0 Å². The van der Waals surface area contributed by atoms with Crippen LogP contribution < -0.4 is 5.32 Å². The molecule has 0 amide bonds. The molecule has 0 aliphatic heterocycles. The molecule has 0 aliphatic carbocycles. The zero-order valence-corrected chi connectivity index (χ0v) is 8.97. The molecular formula is C11H14F3NO. The van der Waals surface area contributed by atoms with Gasteiger partial charge in [0.2, 0.25) is 0 Å². The monoisotopic (exact) mass is 233 g/mol. The number of anilines is 1. The van der Waals surface area contributed by atoms with Gasteiger partial charge in [0.15, 0.2) is 0 Å². The summed E-state index contributed by atoms with van der Waals surface area (Å²) in [5.41, 5.74) is 0.0237. The summed E-state index contributed by atoms with van der Waals surface area (Å²) < 4.78 is 41.8. The minimum absolute atomic E-state index is 0.539. The van der Waals surface area contributed by atoms with Gasteiger partial charge in [-0.3, -0.25) is 0 Å². The van der Waals surface area contributed by atoms with Crippen molar-refractivity contribution in [3.05, 3.63) is 29.8 Å². The molecule has 0 heterocycles. The summed E-state index contributed by atoms with van der Waals surface area (Å²) in [6, 6.07) is 4.94. The Hall–Kier alpha value is -1.23. The standard InChI is InChI=1S/C11H14F3NO/c1-2-16-8-7-15-10-5-3-9(4-6-10)11(12,13)14/h3-6,15H,2,7-8H2,1H3. The van der Waals surface area contributed by atoms with Crippen molar-refractivity contribution in [3.8, 4) is 0 Å². The molecule has 0 aliphatic rings. The molecule has 1 aromatic rings. The van der Waals surface area contributed by atoms with E-state index >= 15 is 0 Å². The highest BCUT2D eigenvalue weighted by molar-refractivity contribution is 5.45. The van der Waals surface area contributed by atoms with Crippen LogP contribution in [0.4, 0.5) is 18.9 Å². The third-order valence-electron chi connectivity index (χ3n) is 1.99. The Kier molecular flexibility index (Phi) is 4.61. The maximum atomic E-state index is 12.2. The van der Waals surface area contributed by atoms with Gasteiger partial charge in [-0.25, -0.2) is 0 Å². The maximum absolute atomic E-state index is 12.2. The molecule has 0 saturated carbocycles. The number of halogens is 3. The molecule has 0 fully saturated rings. The molecular weight excluding hydrogens is 219 g/mol. The van der Waals surface area contributed by atoms with E-state index in [9.17, 15) is 13.2 Å². The van der Waals surface area contributed by atoms with Gasteiger partial charge < -0.3 is 10.1 Å². The third-order valence-corrected chi connectivity index (χ3v) is 1.99. The Morgan fingerprint density at radius 2 is 1.81 bits per heavy atom. The van der Waals surface area contributed by atoms with Crippen LogP contribution in [0.15, 0.2) is 24.3 Å². The summed E-state index contributed by atoms with van der Waals surface area (Å²) in [5, 5.41) is 2.97. The lowest BCUT2D eigenvalue weighted by Gasteiger charge is -2.09. The second-order valence-electron chi connectivity index (χ2n) is 3.20. The van der Waals surface area contributed by atoms with E-state index in [-0.39, 0.29) is 0 Å². The van der Waals surface area contributed by atoms with Crippen LogP contribution in [0.25, 0.3) is 0 Å². The molecule has 0 unspecified atom stereocenters. The summed E-state index contributed by atoms with van der Waals surface area (Å²) >= 11 is 0. The molecule has 1 rings (SSSR count). The Bertz CT molecular complexity index is 308. The number of ether oxygens (including phenoxy) is 1. The van der Waals surface area contributed by atoms with Gasteiger partial charge in [0.05, 0.1) is 12.2 Å². The van der Waals surface area contributed by atoms with E-state index in [0.29, 0.717) is 25.4 Å². The van der Waals surface area contributed by atoms with Gasteiger partial charge in [0.1, 0.15) is 0 Å². The highest BCUT2D eigenvalue weighted by atomic mass is 19.4. The molecule has 1 aromatic carbocycles. The fourth-order valence-electron chi connectivity index (χ4n) is 1.19. The van der Waals surface area contributed by atoms with Crippen LogP contribution in [0, 0.1) is 0 Å². The predicted octanol–water partition coefficient (Wildman–Crippen LogP) is 3.15. The van der Waals surface area contributed by atoms with E-state index in [0.717, 1.165) is 12.1 Å². The van der Waals surface area contributed by atoms with Crippen molar-refractivity contribution in [1.82, 2.24) is 0 Å². The number of benzene rings is 1. The minimum Gasteiger partial charge on any atom is -0.383 e. The van der Waals surface area contributed by atoms with Crippen LogP contribution in [0.5, 0.6) is 0 Å². The summed E-state index contributed by atoms with van der Waals surface area (Å²) in [6.07, 6.45) is -4.27. The number of nitrogens with one attached hydrogen (secondary N) is 1. The lowest BCUT2D eigenvalue weighted by atomic mass is 10.2. The molecule has 0 bridgehead atoms. The lowest BCUT2D eigenvalue weighted by Crippen LogP contribution is -2.09. The van der Waals surface area contributed by atoms with Gasteiger partial charge in [0, 0.05) is 18.8 Å². The number of alkyl halides is 3. The first-order valence-corrected chi connectivity index (χ1v) is 5.03. The Morgan fingerprint density at radius 1 is 1.19 bits per heavy atom. The Balaban J connectivity index is 2.46. The Labute approximate surface area is 92.4 Å². The highest BCUT2D eigenvalue weighted by Crippen LogP contribution is 2.29. The second kappa shape index (κ2) is 5.75. The summed E-state index contributed by atoms with van der Waals surface area (Å²) in [4.78, 5) is 0. The highest BCUT2D eigenvalue weighted by Gasteiger charge is 2.29. The average molecular weight is 233 g/mol. The van der Waals surface area contributed by atoms with Crippen molar-refractivity contribution in [2.75, 3.05) is 25.1 Å². The molecule has 0 atom stereocenters. The van der Waals surface area contributed by atoms with Crippen molar-refractivity contribution >= 4 is 5.69 Å². The zero-order chi connectivity index (χ0) is 12.0. The Morgan fingerprint density at radius 3 is 2.31 bits per heavy atom. The van der Waals surface area contributed by atoms with Crippen molar-refractivity contribution in [2.45, 2.75) is 13.1 Å². The van der Waals surface area contributed by atoms with E-state index in [4.69, 9.17) is 4.74 Å². The van der Waals surface area contributed by atoms with Crippen LogP contribution in [0.2, 0.25) is 0 Å². The first-order chi connectivity index (χ1) is 7.54. The van der Waals surface area contributed by atoms with Crippen LogP contribution in [-0.2, 0) is 10.9 Å². The quantitative estimate of drug-likeness (QED) is 0.789. The molecule has 0 aromatic heterocycles. The molecule has 0 saturated heterocycles. The molecule has 0 spiro atoms. The first-order valence-electron chi connectivity index (χ1n) is 5.03. The summed E-state index contributed by atoms with van der Waals surface area (Å²) in [5.74, 6) is 0. The van der Waals surface area contributed by atoms with Crippen molar-refractivity contribution in [3.63, 3.8) is 0 Å². The minimum atomic E-state index is -4.27. The fraction of sp³-hybridized carbons (Fsp3) is 0.455. The zero-order valence-electron chi connectivity index (χ0n) is 8.97. The topological polar surface area (TPSA) is 21.3 Å². The largest absolute Gasteiger partial charge is 0.416 e. The van der Waals surface area contributed by atoms with Crippen molar-refractivity contribution in [1.29, 1.82) is 0 Å². The van der Waals surface area contributed by atoms with Gasteiger partial charge in [-0.2, -0.15) is 13.2 Å². The number of hydrogen-bond donors (Lipinski definition) is 1. The third kappa shape index (κ3) is 4.10.